The molecular formula is C17H18F6N2O. The van der Waals surface area contributed by atoms with Crippen molar-refractivity contribution < 1.29 is 31.4 Å². The molecule has 1 heterocycles. The Bertz CT molecular complexity index is 772. The van der Waals surface area contributed by atoms with Gasteiger partial charge in [-0.15, -0.1) is 0 Å². The molecule has 2 atom stereocenters. The zero-order valence-electron chi connectivity index (χ0n) is 14.0. The molecule has 0 bridgehead atoms. The molecule has 0 saturated heterocycles. The van der Waals surface area contributed by atoms with Crippen LogP contribution in [0, 0.1) is 0 Å². The van der Waals surface area contributed by atoms with Gasteiger partial charge in [0.1, 0.15) is 5.69 Å². The second-order valence-electron chi connectivity index (χ2n) is 5.81. The molecule has 0 amide bonds. The second-order valence-corrected chi connectivity index (χ2v) is 5.81. The zero-order chi connectivity index (χ0) is 19.7. The van der Waals surface area contributed by atoms with Crippen molar-refractivity contribution in [1.29, 1.82) is 0 Å². The highest BCUT2D eigenvalue weighted by atomic mass is 19.4. The predicted octanol–water partition coefficient (Wildman–Crippen LogP) is 4.69. The average molecular weight is 380 g/mol. The van der Waals surface area contributed by atoms with Crippen LogP contribution in [0.4, 0.5) is 26.3 Å². The Morgan fingerprint density at radius 2 is 1.73 bits per heavy atom. The van der Waals surface area contributed by atoms with Gasteiger partial charge in [-0.05, 0) is 30.7 Å². The van der Waals surface area contributed by atoms with Crippen LogP contribution in [-0.4, -0.2) is 22.7 Å². The van der Waals surface area contributed by atoms with Gasteiger partial charge in [-0.25, -0.2) is 4.98 Å². The van der Waals surface area contributed by atoms with E-state index in [1.165, 1.54) is 6.07 Å². The van der Waals surface area contributed by atoms with E-state index in [4.69, 9.17) is 0 Å². The fourth-order valence-electron chi connectivity index (χ4n) is 2.85. The number of alkyl halides is 6. The van der Waals surface area contributed by atoms with Crippen LogP contribution < -0.4 is 5.32 Å². The van der Waals surface area contributed by atoms with Crippen LogP contribution in [0.2, 0.25) is 0 Å². The number of fused-ring (bicyclic) bond motifs is 1. The molecule has 0 saturated carbocycles. The summed E-state index contributed by atoms with van der Waals surface area (Å²) in [6.45, 7) is 3.91. The fraction of sp³-hybridized carbons (Fsp3) is 0.471. The summed E-state index contributed by atoms with van der Waals surface area (Å²) in [7, 11) is 0. The van der Waals surface area contributed by atoms with Gasteiger partial charge in [-0.2, -0.15) is 26.3 Å². The fourth-order valence-corrected chi connectivity index (χ4v) is 2.85. The maximum absolute atomic E-state index is 13.2. The Morgan fingerprint density at radius 3 is 2.23 bits per heavy atom. The molecule has 0 fully saturated rings. The summed E-state index contributed by atoms with van der Waals surface area (Å²) in [5.74, 6) is 0. The summed E-state index contributed by atoms with van der Waals surface area (Å²) in [5, 5.41) is 13.3. The first-order valence-corrected chi connectivity index (χ1v) is 8.00. The third-order valence-electron chi connectivity index (χ3n) is 4.07. The Labute approximate surface area is 146 Å². The molecule has 1 aromatic carbocycles. The number of rotatable bonds is 5. The van der Waals surface area contributed by atoms with E-state index in [2.05, 4.69) is 10.3 Å². The number of aliphatic hydroxyl groups is 1. The molecule has 2 rings (SSSR count). The predicted molar refractivity (Wildman–Crippen MR) is 84.5 cm³/mol. The number of benzene rings is 1. The van der Waals surface area contributed by atoms with Crippen molar-refractivity contribution in [3.63, 3.8) is 0 Å². The molecule has 144 valence electrons. The van der Waals surface area contributed by atoms with Crippen molar-refractivity contribution >= 4 is 10.9 Å². The van der Waals surface area contributed by atoms with Crippen molar-refractivity contribution in [2.75, 3.05) is 6.54 Å². The maximum atomic E-state index is 13.2. The van der Waals surface area contributed by atoms with Crippen LogP contribution >= 0.6 is 0 Å². The van der Waals surface area contributed by atoms with Gasteiger partial charge in [-0.3, -0.25) is 0 Å². The number of likely N-dealkylation sites (N-methyl/N-ethyl adjacent to an activating group) is 1. The van der Waals surface area contributed by atoms with Gasteiger partial charge in [0.25, 0.3) is 0 Å². The Morgan fingerprint density at radius 1 is 1.08 bits per heavy atom. The molecule has 0 aliphatic heterocycles. The minimum Gasteiger partial charge on any atom is -0.387 e. The number of nitrogens with one attached hydrogen (secondary N) is 1. The third-order valence-corrected chi connectivity index (χ3v) is 4.07. The largest absolute Gasteiger partial charge is 0.433 e. The Hall–Kier alpha value is -1.87. The molecule has 9 heteroatoms. The van der Waals surface area contributed by atoms with Crippen molar-refractivity contribution in [2.24, 2.45) is 0 Å². The summed E-state index contributed by atoms with van der Waals surface area (Å²) in [6.07, 6.45) is -10.9. The quantitative estimate of drug-likeness (QED) is 0.740. The molecule has 3 nitrogen and oxygen atoms in total. The topological polar surface area (TPSA) is 45.1 Å². The minimum absolute atomic E-state index is 0.156. The van der Waals surface area contributed by atoms with E-state index >= 15 is 0 Å². The molecule has 0 aliphatic rings. The summed E-state index contributed by atoms with van der Waals surface area (Å²) in [6, 6.07) is 3.00. The molecule has 2 N–H and O–H groups in total. The number of nitrogens with zero attached hydrogens (tertiary/aromatic N) is 1. The average Bonchev–Trinajstić information content (AvgIpc) is 2.55. The van der Waals surface area contributed by atoms with Gasteiger partial charge in [0.05, 0.1) is 17.2 Å². The molecule has 1 aromatic heterocycles. The molecule has 0 radical (unpaired) electrons. The van der Waals surface area contributed by atoms with Crippen LogP contribution in [0.1, 0.15) is 43.2 Å². The highest BCUT2D eigenvalue weighted by Crippen LogP contribution is 2.39. The number of hydrogen-bond donors (Lipinski definition) is 2. The van der Waals surface area contributed by atoms with E-state index in [-0.39, 0.29) is 10.9 Å². The number of halogens is 6. The van der Waals surface area contributed by atoms with Gasteiger partial charge in [-0.1, -0.05) is 26.0 Å². The Balaban J connectivity index is 2.80. The van der Waals surface area contributed by atoms with Gasteiger partial charge in [0, 0.05) is 11.4 Å². The number of aromatic nitrogens is 1. The summed E-state index contributed by atoms with van der Waals surface area (Å²) in [5.41, 5.74) is -3.80. The SMILES string of the molecule is CCNC(CC)[C@H](O)c1cc(C(F)(F)F)nc2c(C(F)(F)F)cccc12. The minimum atomic E-state index is -4.94. The summed E-state index contributed by atoms with van der Waals surface area (Å²) < 4.78 is 79.2. The van der Waals surface area contributed by atoms with Crippen molar-refractivity contribution in [2.45, 2.75) is 44.8 Å². The van der Waals surface area contributed by atoms with Crippen LogP contribution in [0.25, 0.3) is 10.9 Å². The van der Waals surface area contributed by atoms with Crippen molar-refractivity contribution in [3.05, 3.63) is 41.1 Å². The number of pyridine rings is 1. The van der Waals surface area contributed by atoms with E-state index in [1.54, 1.807) is 13.8 Å². The van der Waals surface area contributed by atoms with Crippen LogP contribution in [0.5, 0.6) is 0 Å². The maximum Gasteiger partial charge on any atom is 0.433 e. The lowest BCUT2D eigenvalue weighted by atomic mass is 9.94. The van der Waals surface area contributed by atoms with Gasteiger partial charge >= 0.3 is 12.4 Å². The van der Waals surface area contributed by atoms with Gasteiger partial charge < -0.3 is 10.4 Å². The first-order valence-electron chi connectivity index (χ1n) is 8.00. The monoisotopic (exact) mass is 380 g/mol. The first kappa shape index (κ1) is 20.4. The summed E-state index contributed by atoms with van der Waals surface area (Å²) >= 11 is 0. The first-order chi connectivity index (χ1) is 12.0. The normalized spacial score (nSPS) is 15.3. The lowest BCUT2D eigenvalue weighted by molar-refractivity contribution is -0.142. The highest BCUT2D eigenvalue weighted by Gasteiger charge is 2.38. The number of aliphatic hydroxyl groups excluding tert-OH is 1. The summed E-state index contributed by atoms with van der Waals surface area (Å²) in [4.78, 5) is 3.21. The molecular weight excluding hydrogens is 362 g/mol. The lowest BCUT2D eigenvalue weighted by Gasteiger charge is -2.25. The van der Waals surface area contributed by atoms with E-state index in [1.807, 2.05) is 0 Å². The van der Waals surface area contributed by atoms with E-state index in [0.717, 1.165) is 6.07 Å². The van der Waals surface area contributed by atoms with Crippen LogP contribution in [-0.2, 0) is 12.4 Å². The zero-order valence-corrected chi connectivity index (χ0v) is 14.0. The number of hydrogen-bond acceptors (Lipinski definition) is 3. The molecule has 0 spiro atoms. The van der Waals surface area contributed by atoms with E-state index in [9.17, 15) is 31.4 Å². The van der Waals surface area contributed by atoms with Crippen LogP contribution in [0.15, 0.2) is 24.3 Å². The molecule has 1 unspecified atom stereocenters. The smallest absolute Gasteiger partial charge is 0.387 e. The van der Waals surface area contributed by atoms with Crippen molar-refractivity contribution in [1.82, 2.24) is 10.3 Å². The van der Waals surface area contributed by atoms with Crippen LogP contribution in [0.3, 0.4) is 0 Å². The van der Waals surface area contributed by atoms with E-state index in [0.29, 0.717) is 25.1 Å². The third kappa shape index (κ3) is 4.09. The molecule has 0 aliphatic carbocycles. The highest BCUT2D eigenvalue weighted by molar-refractivity contribution is 5.86. The second kappa shape index (κ2) is 7.40. The molecule has 26 heavy (non-hydrogen) atoms. The van der Waals surface area contributed by atoms with Gasteiger partial charge in [0.2, 0.25) is 0 Å². The number of para-hydroxylation sites is 1. The van der Waals surface area contributed by atoms with Gasteiger partial charge in [0.15, 0.2) is 0 Å². The van der Waals surface area contributed by atoms with E-state index < -0.39 is 41.3 Å². The van der Waals surface area contributed by atoms with Crippen molar-refractivity contribution in [3.8, 4) is 0 Å². The Kier molecular flexibility index (Phi) is 5.82. The molecule has 2 aromatic rings. The standard InChI is InChI=1S/C17H18F6N2O/c1-3-12(24-4-2)15(26)10-8-13(17(21,22)23)25-14-9(10)6-5-7-11(14)16(18,19)20/h5-8,12,15,24,26H,3-4H2,1-2H3/t12?,15-/m1/s1. The lowest BCUT2D eigenvalue weighted by Crippen LogP contribution is -2.34.